The number of aromatic nitrogens is 2. The van der Waals surface area contributed by atoms with Crippen molar-refractivity contribution in [3.63, 3.8) is 0 Å². The van der Waals surface area contributed by atoms with Crippen LogP contribution in [0.4, 0.5) is 10.6 Å². The number of anilines is 1. The first-order chi connectivity index (χ1) is 17.4. The Bertz CT molecular complexity index is 1190. The normalized spacial score (nSPS) is 19.1. The number of hydrogen-bond donors (Lipinski definition) is 1. The lowest BCUT2D eigenvalue weighted by atomic mass is 9.74. The van der Waals surface area contributed by atoms with Gasteiger partial charge in [0.1, 0.15) is 5.60 Å². The monoisotopic (exact) mass is 548 g/mol. The highest BCUT2D eigenvalue weighted by molar-refractivity contribution is 6.43. The minimum absolute atomic E-state index is 0.00441. The molecule has 0 radical (unpaired) electrons. The molecule has 0 bridgehead atoms. The molecule has 1 saturated carbocycles. The van der Waals surface area contributed by atoms with Crippen LogP contribution in [0.3, 0.4) is 0 Å². The van der Waals surface area contributed by atoms with Crippen molar-refractivity contribution in [2.45, 2.75) is 71.4 Å². The summed E-state index contributed by atoms with van der Waals surface area (Å²) < 4.78 is 10.6. The van der Waals surface area contributed by atoms with E-state index in [1.807, 2.05) is 27.7 Å². The number of esters is 1. The number of ether oxygens (including phenoxy) is 2. The molecular weight excluding hydrogens is 515 g/mol. The maximum absolute atomic E-state index is 12.8. The van der Waals surface area contributed by atoms with E-state index in [4.69, 9.17) is 37.7 Å². The number of methoxy groups -OCH3 is 1. The number of carbonyl (C=O) groups is 2. The van der Waals surface area contributed by atoms with E-state index in [0.717, 1.165) is 32.1 Å². The number of carbonyl (C=O) groups excluding carboxylic acids is 2. The van der Waals surface area contributed by atoms with E-state index >= 15 is 0 Å². The average molecular weight is 549 g/mol. The van der Waals surface area contributed by atoms with Crippen LogP contribution in [0.5, 0.6) is 0 Å². The Kier molecular flexibility index (Phi) is 7.91. The summed E-state index contributed by atoms with van der Waals surface area (Å²) in [4.78, 5) is 36.8. The Morgan fingerprint density at radius 1 is 1.14 bits per heavy atom. The van der Waals surface area contributed by atoms with E-state index in [9.17, 15) is 9.59 Å². The van der Waals surface area contributed by atoms with E-state index in [1.54, 1.807) is 18.2 Å². The molecule has 1 saturated heterocycles. The molecule has 200 valence electrons. The number of rotatable bonds is 4. The lowest BCUT2D eigenvalue weighted by molar-refractivity contribution is 0.0440. The summed E-state index contributed by atoms with van der Waals surface area (Å²) in [5.41, 5.74) is 1.33. The van der Waals surface area contributed by atoms with Crippen molar-refractivity contribution in [2.75, 3.05) is 25.1 Å². The largest absolute Gasteiger partial charge is 0.464 e. The Morgan fingerprint density at radius 3 is 2.49 bits per heavy atom. The highest BCUT2D eigenvalue weighted by Gasteiger charge is 2.46. The molecule has 1 unspecified atom stereocenters. The predicted molar refractivity (Wildman–Crippen MR) is 144 cm³/mol. The van der Waals surface area contributed by atoms with E-state index in [1.165, 1.54) is 7.11 Å². The number of amides is 1. The average Bonchev–Trinajstić information content (AvgIpc) is 3.20. The van der Waals surface area contributed by atoms with Gasteiger partial charge in [-0.1, -0.05) is 41.8 Å². The number of benzene rings is 1. The minimum Gasteiger partial charge on any atom is -0.464 e. The lowest BCUT2D eigenvalue weighted by Gasteiger charge is -2.44. The first kappa shape index (κ1) is 27.5. The second-order valence-corrected chi connectivity index (χ2v) is 11.6. The van der Waals surface area contributed by atoms with Crippen LogP contribution in [-0.4, -0.2) is 53.9 Å². The molecule has 2 fully saturated rings. The zero-order valence-corrected chi connectivity index (χ0v) is 23.5. The molecule has 1 aromatic carbocycles. The van der Waals surface area contributed by atoms with Gasteiger partial charge < -0.3 is 19.7 Å². The van der Waals surface area contributed by atoms with Crippen molar-refractivity contribution in [2.24, 2.45) is 5.41 Å². The van der Waals surface area contributed by atoms with Crippen LogP contribution in [0.1, 0.15) is 69.1 Å². The predicted octanol–water partition coefficient (Wildman–Crippen LogP) is 6.21. The van der Waals surface area contributed by atoms with Gasteiger partial charge in [0.2, 0.25) is 0 Å². The molecule has 1 aromatic heterocycles. The van der Waals surface area contributed by atoms with E-state index < -0.39 is 11.6 Å². The van der Waals surface area contributed by atoms with Crippen LogP contribution in [0.25, 0.3) is 11.3 Å². The number of halogens is 2. The van der Waals surface area contributed by atoms with Gasteiger partial charge in [-0.3, -0.25) is 0 Å². The quantitative estimate of drug-likeness (QED) is 0.454. The number of nitrogens with one attached hydrogen (secondary N) is 1. The van der Waals surface area contributed by atoms with Crippen LogP contribution in [0.2, 0.25) is 10.0 Å². The summed E-state index contributed by atoms with van der Waals surface area (Å²) in [6, 6.07) is 5.34. The highest BCUT2D eigenvalue weighted by Crippen LogP contribution is 2.47. The molecular formula is C27H34Cl2N4O4. The van der Waals surface area contributed by atoms with Crippen molar-refractivity contribution in [1.82, 2.24) is 15.3 Å². The third-order valence-electron chi connectivity index (χ3n) is 7.29. The van der Waals surface area contributed by atoms with Crippen LogP contribution >= 0.6 is 23.2 Å². The van der Waals surface area contributed by atoms with Crippen LogP contribution in [0.15, 0.2) is 18.2 Å². The first-order valence-electron chi connectivity index (χ1n) is 12.6. The third-order valence-corrected chi connectivity index (χ3v) is 8.11. The van der Waals surface area contributed by atoms with Gasteiger partial charge in [0.05, 0.1) is 28.5 Å². The highest BCUT2D eigenvalue weighted by atomic mass is 35.5. The Hall–Kier alpha value is -2.58. The second-order valence-electron chi connectivity index (χ2n) is 10.9. The third kappa shape index (κ3) is 5.80. The molecule has 1 aliphatic carbocycles. The summed E-state index contributed by atoms with van der Waals surface area (Å²) >= 11 is 12.7. The number of aryl methyl sites for hydroxylation is 1. The molecule has 37 heavy (non-hydrogen) atoms. The van der Waals surface area contributed by atoms with Gasteiger partial charge in [0, 0.05) is 24.7 Å². The summed E-state index contributed by atoms with van der Waals surface area (Å²) in [7, 11) is 1.33. The molecule has 1 spiro atoms. The van der Waals surface area contributed by atoms with Crippen molar-refractivity contribution in [3.8, 4) is 11.3 Å². The second kappa shape index (κ2) is 10.7. The Balaban J connectivity index is 1.58. The van der Waals surface area contributed by atoms with Crippen molar-refractivity contribution < 1.29 is 19.1 Å². The fraction of sp³-hybridized carbons (Fsp3) is 0.556. The summed E-state index contributed by atoms with van der Waals surface area (Å²) in [5.74, 6) is -0.0664. The van der Waals surface area contributed by atoms with Gasteiger partial charge in [0.15, 0.2) is 11.5 Å². The van der Waals surface area contributed by atoms with Gasteiger partial charge in [-0.25, -0.2) is 19.6 Å². The molecule has 1 N–H and O–H groups in total. The van der Waals surface area contributed by atoms with Crippen LogP contribution < -0.4 is 10.2 Å². The fourth-order valence-electron chi connectivity index (χ4n) is 5.48. The van der Waals surface area contributed by atoms with E-state index in [2.05, 4.69) is 15.2 Å². The first-order valence-corrected chi connectivity index (χ1v) is 13.4. The standard InChI is InChI=1S/C27H34Cl2N4O4/c1-16-21(17-8-6-9-18(28)20(17)29)32-22(24(34)36-5)23(30-16)33-14-12-27(13-15-33)11-7-10-19(27)31-25(35)37-26(2,3)4/h6,8-9,19H,7,10-15H2,1-5H3,(H,31,35). The zero-order chi connectivity index (χ0) is 27.0. The summed E-state index contributed by atoms with van der Waals surface area (Å²) in [6.07, 6.45) is 4.38. The maximum atomic E-state index is 12.8. The van der Waals surface area contributed by atoms with Gasteiger partial charge >= 0.3 is 12.1 Å². The summed E-state index contributed by atoms with van der Waals surface area (Å²) in [5, 5.41) is 3.88. The van der Waals surface area contributed by atoms with E-state index in [-0.39, 0.29) is 23.2 Å². The molecule has 1 aliphatic heterocycles. The summed E-state index contributed by atoms with van der Waals surface area (Å²) in [6.45, 7) is 8.80. The van der Waals surface area contributed by atoms with Gasteiger partial charge in [-0.2, -0.15) is 0 Å². The topological polar surface area (TPSA) is 93.6 Å². The van der Waals surface area contributed by atoms with Crippen LogP contribution in [0, 0.1) is 12.3 Å². The number of piperidine rings is 1. The van der Waals surface area contributed by atoms with Gasteiger partial charge in [0.25, 0.3) is 0 Å². The molecule has 4 rings (SSSR count). The van der Waals surface area contributed by atoms with E-state index in [0.29, 0.717) is 45.9 Å². The molecule has 2 heterocycles. The molecule has 10 heteroatoms. The Labute approximate surface area is 228 Å². The Morgan fingerprint density at radius 2 is 1.84 bits per heavy atom. The molecule has 2 aromatic rings. The maximum Gasteiger partial charge on any atom is 0.407 e. The van der Waals surface area contributed by atoms with Crippen molar-refractivity contribution in [3.05, 3.63) is 39.6 Å². The number of hydrogen-bond acceptors (Lipinski definition) is 7. The molecule has 8 nitrogen and oxygen atoms in total. The van der Waals surface area contributed by atoms with Crippen LogP contribution in [-0.2, 0) is 9.47 Å². The van der Waals surface area contributed by atoms with Gasteiger partial charge in [-0.15, -0.1) is 0 Å². The number of nitrogens with zero attached hydrogens (tertiary/aromatic N) is 3. The molecule has 1 atom stereocenters. The molecule has 1 amide bonds. The zero-order valence-electron chi connectivity index (χ0n) is 22.0. The SMILES string of the molecule is COC(=O)c1nc(-c2cccc(Cl)c2Cl)c(C)nc1N1CCC2(CCCC2NC(=O)OC(C)(C)C)CC1. The number of alkyl carbamates (subject to hydrolysis) is 1. The molecule has 2 aliphatic rings. The van der Waals surface area contributed by atoms with Crippen molar-refractivity contribution in [1.29, 1.82) is 0 Å². The smallest absolute Gasteiger partial charge is 0.407 e. The van der Waals surface area contributed by atoms with Crippen molar-refractivity contribution >= 4 is 41.1 Å². The fourth-order valence-corrected chi connectivity index (χ4v) is 5.87. The van der Waals surface area contributed by atoms with Gasteiger partial charge in [-0.05, 0) is 64.9 Å². The minimum atomic E-state index is -0.562. The lowest BCUT2D eigenvalue weighted by Crippen LogP contribution is -2.51.